The fourth-order valence-corrected chi connectivity index (χ4v) is 2.36. The Morgan fingerprint density at radius 1 is 1.00 bits per heavy atom. The predicted molar refractivity (Wildman–Crippen MR) is 89.5 cm³/mol. The quantitative estimate of drug-likeness (QED) is 0.720. The average molecular weight is 305 g/mol. The fourth-order valence-electron chi connectivity index (χ4n) is 2.36. The van der Waals surface area contributed by atoms with Gasteiger partial charge in [-0.2, -0.15) is 4.98 Å². The van der Waals surface area contributed by atoms with Gasteiger partial charge in [0.1, 0.15) is 5.82 Å². The first-order chi connectivity index (χ1) is 11.1. The van der Waals surface area contributed by atoms with E-state index in [9.17, 15) is 4.79 Å². The molecule has 0 aliphatic heterocycles. The first-order valence-electron chi connectivity index (χ1n) is 7.01. The Hall–Kier alpha value is -3.28. The lowest BCUT2D eigenvalue weighted by Gasteiger charge is -2.12. The van der Waals surface area contributed by atoms with Crippen molar-refractivity contribution in [2.45, 2.75) is 6.92 Å². The van der Waals surface area contributed by atoms with Crippen LogP contribution in [0.1, 0.15) is 17.3 Å². The van der Waals surface area contributed by atoms with Crippen molar-refractivity contribution < 1.29 is 4.79 Å². The summed E-state index contributed by atoms with van der Waals surface area (Å²) in [5.41, 5.74) is 15.3. The van der Waals surface area contributed by atoms with Crippen LogP contribution in [-0.2, 0) is 0 Å². The van der Waals surface area contributed by atoms with Gasteiger partial charge < -0.3 is 11.5 Å². The third-order valence-electron chi connectivity index (χ3n) is 3.47. The lowest BCUT2D eigenvalue weighted by Crippen LogP contribution is -2.04. The summed E-state index contributed by atoms with van der Waals surface area (Å²) < 4.78 is 0. The molecule has 0 fully saturated rings. The molecule has 4 N–H and O–H groups in total. The third kappa shape index (κ3) is 2.87. The van der Waals surface area contributed by atoms with Crippen molar-refractivity contribution in [3.8, 4) is 22.4 Å². The number of benzene rings is 1. The number of hydrogen-bond donors (Lipinski definition) is 2. The van der Waals surface area contributed by atoms with E-state index in [0.717, 1.165) is 11.1 Å². The Morgan fingerprint density at radius 3 is 2.35 bits per heavy atom. The maximum Gasteiger partial charge on any atom is 0.222 e. The van der Waals surface area contributed by atoms with Gasteiger partial charge in [0.25, 0.3) is 0 Å². The summed E-state index contributed by atoms with van der Waals surface area (Å²) in [7, 11) is 0. The molecule has 2 aromatic heterocycles. The standard InChI is InChI=1S/C17H15N5O/c1-10(23)11-4-6-12(7-5-11)15-14(13-3-2-8-20-9-13)16(18)22-17(19)21-15/h2-9H,1H3,(H4,18,19,21,22). The molecule has 0 spiro atoms. The summed E-state index contributed by atoms with van der Waals surface area (Å²) in [4.78, 5) is 23.9. The summed E-state index contributed by atoms with van der Waals surface area (Å²) in [5.74, 6) is 0.391. The molecule has 6 nitrogen and oxygen atoms in total. The number of pyridine rings is 1. The van der Waals surface area contributed by atoms with Gasteiger partial charge in [0, 0.05) is 29.1 Å². The molecule has 0 saturated heterocycles. The van der Waals surface area contributed by atoms with E-state index in [4.69, 9.17) is 11.5 Å². The highest BCUT2D eigenvalue weighted by molar-refractivity contribution is 5.95. The van der Waals surface area contributed by atoms with Crippen LogP contribution in [0.15, 0.2) is 48.8 Å². The van der Waals surface area contributed by atoms with Gasteiger partial charge in [0.05, 0.1) is 11.3 Å². The lowest BCUT2D eigenvalue weighted by molar-refractivity contribution is 0.101. The molecule has 114 valence electrons. The maximum atomic E-state index is 11.4. The summed E-state index contributed by atoms with van der Waals surface area (Å²) in [6.45, 7) is 1.52. The zero-order valence-electron chi connectivity index (χ0n) is 12.5. The lowest BCUT2D eigenvalue weighted by atomic mass is 9.99. The van der Waals surface area contributed by atoms with E-state index < -0.39 is 0 Å². The van der Waals surface area contributed by atoms with E-state index in [-0.39, 0.29) is 17.5 Å². The minimum atomic E-state index is 0.00532. The van der Waals surface area contributed by atoms with Crippen LogP contribution < -0.4 is 11.5 Å². The number of Topliss-reactive ketones (excluding diaryl/α,β-unsaturated/α-hetero) is 1. The third-order valence-corrected chi connectivity index (χ3v) is 3.47. The number of nitrogens with zero attached hydrogens (tertiary/aromatic N) is 3. The van der Waals surface area contributed by atoms with Gasteiger partial charge in [-0.15, -0.1) is 0 Å². The van der Waals surface area contributed by atoms with E-state index >= 15 is 0 Å². The normalized spacial score (nSPS) is 10.5. The second-order valence-electron chi connectivity index (χ2n) is 5.07. The van der Waals surface area contributed by atoms with Crippen molar-refractivity contribution in [2.24, 2.45) is 0 Å². The smallest absolute Gasteiger partial charge is 0.222 e. The number of carbonyl (C=O) groups excluding carboxylic acids is 1. The molecule has 0 unspecified atom stereocenters. The van der Waals surface area contributed by atoms with Gasteiger partial charge in [0.2, 0.25) is 5.95 Å². The van der Waals surface area contributed by atoms with Crippen molar-refractivity contribution >= 4 is 17.5 Å². The number of hydrogen-bond acceptors (Lipinski definition) is 6. The largest absolute Gasteiger partial charge is 0.383 e. The van der Waals surface area contributed by atoms with E-state index in [1.807, 2.05) is 24.3 Å². The fraction of sp³-hybridized carbons (Fsp3) is 0.0588. The molecule has 0 saturated carbocycles. The van der Waals surface area contributed by atoms with E-state index in [1.165, 1.54) is 6.92 Å². The van der Waals surface area contributed by atoms with Crippen LogP contribution in [0.25, 0.3) is 22.4 Å². The van der Waals surface area contributed by atoms with Gasteiger partial charge >= 0.3 is 0 Å². The molecule has 0 bridgehead atoms. The molecule has 1 aromatic carbocycles. The first-order valence-corrected chi connectivity index (χ1v) is 7.01. The van der Waals surface area contributed by atoms with Crippen molar-refractivity contribution in [3.63, 3.8) is 0 Å². The molecule has 0 aliphatic rings. The summed E-state index contributed by atoms with van der Waals surface area (Å²) in [6, 6.07) is 10.8. The van der Waals surface area contributed by atoms with Crippen LogP contribution in [0, 0.1) is 0 Å². The highest BCUT2D eigenvalue weighted by Crippen LogP contribution is 2.34. The number of anilines is 2. The Balaban J connectivity index is 2.20. The highest BCUT2D eigenvalue weighted by Gasteiger charge is 2.15. The first kappa shape index (κ1) is 14.6. The monoisotopic (exact) mass is 305 g/mol. The van der Waals surface area contributed by atoms with Crippen LogP contribution in [0.3, 0.4) is 0 Å². The van der Waals surface area contributed by atoms with Crippen molar-refractivity contribution in [2.75, 3.05) is 11.5 Å². The zero-order valence-corrected chi connectivity index (χ0v) is 12.5. The van der Waals surface area contributed by atoms with Crippen LogP contribution >= 0.6 is 0 Å². The molecular formula is C17H15N5O. The predicted octanol–water partition coefficient (Wildman–Crippen LogP) is 2.57. The van der Waals surface area contributed by atoms with Crippen molar-refractivity contribution in [3.05, 3.63) is 54.4 Å². The van der Waals surface area contributed by atoms with Gasteiger partial charge in [-0.3, -0.25) is 9.78 Å². The number of nitrogens with two attached hydrogens (primary N) is 2. The number of aromatic nitrogens is 3. The van der Waals surface area contributed by atoms with E-state index in [2.05, 4.69) is 15.0 Å². The number of rotatable bonds is 3. The summed E-state index contributed by atoms with van der Waals surface area (Å²) in [5, 5.41) is 0. The molecule has 0 aliphatic carbocycles. The van der Waals surface area contributed by atoms with Crippen molar-refractivity contribution in [1.29, 1.82) is 0 Å². The van der Waals surface area contributed by atoms with Gasteiger partial charge in [-0.25, -0.2) is 4.98 Å². The molecule has 6 heteroatoms. The zero-order chi connectivity index (χ0) is 16.4. The van der Waals surface area contributed by atoms with Crippen LogP contribution in [0.5, 0.6) is 0 Å². The second kappa shape index (κ2) is 5.84. The molecule has 0 atom stereocenters. The molecule has 3 rings (SSSR count). The Labute approximate surface area is 133 Å². The SMILES string of the molecule is CC(=O)c1ccc(-c2nc(N)nc(N)c2-c2cccnc2)cc1. The Bertz CT molecular complexity index is 860. The Kier molecular flexibility index (Phi) is 3.72. The Morgan fingerprint density at radius 2 is 1.74 bits per heavy atom. The average Bonchev–Trinajstić information content (AvgIpc) is 2.55. The van der Waals surface area contributed by atoms with E-state index in [1.54, 1.807) is 24.5 Å². The van der Waals surface area contributed by atoms with Gasteiger partial charge in [-0.1, -0.05) is 30.3 Å². The molecule has 0 amide bonds. The number of carbonyl (C=O) groups is 1. The topological polar surface area (TPSA) is 108 Å². The molecular weight excluding hydrogens is 290 g/mol. The number of ketones is 1. The molecule has 0 radical (unpaired) electrons. The highest BCUT2D eigenvalue weighted by atomic mass is 16.1. The summed E-state index contributed by atoms with van der Waals surface area (Å²) >= 11 is 0. The van der Waals surface area contributed by atoms with Gasteiger partial charge in [0.15, 0.2) is 5.78 Å². The summed E-state index contributed by atoms with van der Waals surface area (Å²) in [6.07, 6.45) is 3.37. The number of nitrogen functional groups attached to an aromatic ring is 2. The van der Waals surface area contributed by atoms with Crippen molar-refractivity contribution in [1.82, 2.24) is 15.0 Å². The minimum absolute atomic E-state index is 0.00532. The molecule has 3 aromatic rings. The van der Waals surface area contributed by atoms with Crippen LogP contribution in [0.2, 0.25) is 0 Å². The maximum absolute atomic E-state index is 11.4. The van der Waals surface area contributed by atoms with Crippen LogP contribution in [0.4, 0.5) is 11.8 Å². The van der Waals surface area contributed by atoms with E-state index in [0.29, 0.717) is 16.8 Å². The molecule has 2 heterocycles. The van der Waals surface area contributed by atoms with Crippen LogP contribution in [-0.4, -0.2) is 20.7 Å². The van der Waals surface area contributed by atoms with Gasteiger partial charge in [-0.05, 0) is 13.0 Å². The minimum Gasteiger partial charge on any atom is -0.383 e. The second-order valence-corrected chi connectivity index (χ2v) is 5.07. The molecule has 23 heavy (non-hydrogen) atoms.